The smallest absolute Gasteiger partial charge is 0.300 e. The van der Waals surface area contributed by atoms with Gasteiger partial charge >= 0.3 is 0 Å². The average Bonchev–Trinajstić information content (AvgIpc) is 3.15. The highest BCUT2D eigenvalue weighted by Crippen LogP contribution is 2.17. The number of amides is 1. The molecule has 2 aromatic carbocycles. The number of nitrogens with one attached hydrogen (secondary N) is 2. The lowest BCUT2D eigenvalue weighted by Crippen LogP contribution is -2.15. The van der Waals surface area contributed by atoms with Crippen molar-refractivity contribution >= 4 is 27.6 Å². The number of primary sulfonamides is 1. The maximum atomic E-state index is 12.2. The summed E-state index contributed by atoms with van der Waals surface area (Å²) in [6, 6.07) is 13.9. The van der Waals surface area contributed by atoms with E-state index in [4.69, 9.17) is 15.0 Å². The number of carbonyl (C=O) groups excluding carboxylic acids is 1. The molecule has 1 amide bonds. The average molecular weight is 434 g/mol. The molecule has 3 rings (SSSR count). The molecule has 9 heteroatoms. The van der Waals surface area contributed by atoms with Crippen LogP contribution in [0.25, 0.3) is 0 Å². The molecule has 1 aliphatic rings. The number of carboxylic acid groups (broad SMARTS) is 1. The van der Waals surface area contributed by atoms with Crippen molar-refractivity contribution in [1.29, 1.82) is 0 Å². The summed E-state index contributed by atoms with van der Waals surface area (Å²) in [4.78, 5) is 21.2. The van der Waals surface area contributed by atoms with Crippen LogP contribution in [0.15, 0.2) is 53.4 Å². The summed E-state index contributed by atoms with van der Waals surface area (Å²) < 4.78 is 22.5. The lowest BCUT2D eigenvalue weighted by molar-refractivity contribution is -0.134. The van der Waals surface area contributed by atoms with Crippen LogP contribution in [0.5, 0.6) is 0 Å². The van der Waals surface area contributed by atoms with Gasteiger partial charge < -0.3 is 15.7 Å². The Hall–Kier alpha value is -2.75. The largest absolute Gasteiger partial charge is 0.481 e. The van der Waals surface area contributed by atoms with Gasteiger partial charge in [-0.2, -0.15) is 0 Å². The summed E-state index contributed by atoms with van der Waals surface area (Å²) in [5.74, 6) is -0.287. The maximum Gasteiger partial charge on any atom is 0.300 e. The first-order valence-electron chi connectivity index (χ1n) is 9.54. The van der Waals surface area contributed by atoms with Crippen LogP contribution in [0.3, 0.4) is 0 Å². The molecule has 1 unspecified atom stereocenters. The zero-order chi connectivity index (χ0) is 22.1. The molecular weight excluding hydrogens is 406 g/mol. The predicted octanol–water partition coefficient (Wildman–Crippen LogP) is 1.76. The van der Waals surface area contributed by atoms with Crippen molar-refractivity contribution in [3.8, 4) is 0 Å². The molecule has 0 saturated carbocycles. The molecule has 0 radical (unpaired) electrons. The second-order valence-corrected chi connectivity index (χ2v) is 8.75. The van der Waals surface area contributed by atoms with E-state index in [1.165, 1.54) is 36.2 Å². The minimum absolute atomic E-state index is 0.0172. The first-order chi connectivity index (χ1) is 14.1. The molecule has 0 spiro atoms. The third-order valence-corrected chi connectivity index (χ3v) is 5.47. The van der Waals surface area contributed by atoms with Crippen LogP contribution in [0.1, 0.15) is 24.5 Å². The molecule has 30 heavy (non-hydrogen) atoms. The minimum atomic E-state index is -3.73. The molecule has 1 atom stereocenters. The normalized spacial score (nSPS) is 15.7. The summed E-state index contributed by atoms with van der Waals surface area (Å²) in [6.07, 6.45) is 2.55. The Labute approximate surface area is 176 Å². The van der Waals surface area contributed by atoms with E-state index >= 15 is 0 Å². The molecule has 0 aliphatic carbocycles. The van der Waals surface area contributed by atoms with E-state index in [0.717, 1.165) is 32.0 Å². The third kappa shape index (κ3) is 8.32. The summed E-state index contributed by atoms with van der Waals surface area (Å²) in [7, 11) is -3.73. The van der Waals surface area contributed by atoms with E-state index in [1.54, 1.807) is 0 Å². The van der Waals surface area contributed by atoms with Crippen LogP contribution in [0, 0.1) is 5.92 Å². The standard InChI is InChI=1S/C19H23N3O3S.C2H4O2/c20-26(24,25)18-7-5-17(6-8-18)22-19(23)12-15-3-1-14(2-4-15)11-16-9-10-21-13-16;1-2(3)4/h1-8,16,21H,9-13H2,(H,22,23)(H2,20,24,25);1H3,(H,3,4). The summed E-state index contributed by atoms with van der Waals surface area (Å²) >= 11 is 0. The first kappa shape index (κ1) is 23.5. The quantitative estimate of drug-likeness (QED) is 0.547. The Morgan fingerprint density at radius 3 is 2.17 bits per heavy atom. The Bertz CT molecular complexity index is 947. The van der Waals surface area contributed by atoms with Crippen molar-refractivity contribution in [3.05, 3.63) is 59.7 Å². The van der Waals surface area contributed by atoms with E-state index in [2.05, 4.69) is 22.8 Å². The van der Waals surface area contributed by atoms with Gasteiger partial charge in [0.25, 0.3) is 5.97 Å². The number of rotatable bonds is 6. The zero-order valence-electron chi connectivity index (χ0n) is 16.8. The van der Waals surface area contributed by atoms with E-state index < -0.39 is 16.0 Å². The molecule has 5 N–H and O–H groups in total. The van der Waals surface area contributed by atoms with Gasteiger partial charge in [-0.25, -0.2) is 13.6 Å². The highest BCUT2D eigenvalue weighted by Gasteiger charge is 2.15. The van der Waals surface area contributed by atoms with Crippen LogP contribution < -0.4 is 15.8 Å². The molecule has 1 heterocycles. The molecule has 1 saturated heterocycles. The maximum absolute atomic E-state index is 12.2. The van der Waals surface area contributed by atoms with Crippen LogP contribution in [-0.2, 0) is 32.5 Å². The van der Waals surface area contributed by atoms with E-state index in [1.807, 2.05) is 12.1 Å². The van der Waals surface area contributed by atoms with Crippen molar-refractivity contribution in [1.82, 2.24) is 5.32 Å². The molecule has 0 aromatic heterocycles. The van der Waals surface area contributed by atoms with Gasteiger partial charge in [-0.05, 0) is 67.2 Å². The van der Waals surface area contributed by atoms with E-state index in [0.29, 0.717) is 11.6 Å². The number of anilines is 1. The topological polar surface area (TPSA) is 139 Å². The second-order valence-electron chi connectivity index (χ2n) is 7.19. The minimum Gasteiger partial charge on any atom is -0.481 e. The zero-order valence-corrected chi connectivity index (χ0v) is 17.6. The van der Waals surface area contributed by atoms with Gasteiger partial charge in [0, 0.05) is 12.6 Å². The number of benzene rings is 2. The number of hydrogen-bond acceptors (Lipinski definition) is 5. The van der Waals surface area contributed by atoms with Crippen molar-refractivity contribution < 1.29 is 23.1 Å². The first-order valence-corrected chi connectivity index (χ1v) is 11.1. The number of nitrogens with two attached hydrogens (primary N) is 1. The molecule has 162 valence electrons. The van der Waals surface area contributed by atoms with Crippen LogP contribution >= 0.6 is 0 Å². The number of aliphatic carboxylic acids is 1. The molecule has 1 aliphatic heterocycles. The van der Waals surface area contributed by atoms with Crippen molar-refractivity contribution in [2.75, 3.05) is 18.4 Å². The van der Waals surface area contributed by atoms with Crippen molar-refractivity contribution in [3.63, 3.8) is 0 Å². The summed E-state index contributed by atoms with van der Waals surface area (Å²) in [5, 5.41) is 18.6. The number of sulfonamides is 1. The van der Waals surface area contributed by atoms with Gasteiger partial charge in [-0.15, -0.1) is 0 Å². The third-order valence-electron chi connectivity index (χ3n) is 4.54. The van der Waals surface area contributed by atoms with Gasteiger partial charge in [-0.1, -0.05) is 24.3 Å². The SMILES string of the molecule is CC(=O)O.NS(=O)(=O)c1ccc(NC(=O)Cc2ccc(CC3CCNC3)cc2)cc1. The Kier molecular flexibility index (Phi) is 8.52. The number of carbonyl (C=O) groups is 2. The molecule has 8 nitrogen and oxygen atoms in total. The van der Waals surface area contributed by atoms with Gasteiger partial charge in [-0.3, -0.25) is 9.59 Å². The second kappa shape index (κ2) is 10.9. The summed E-state index contributed by atoms with van der Waals surface area (Å²) in [5.41, 5.74) is 2.77. The molecule has 2 aromatic rings. The molecular formula is C21H27N3O5S. The number of carboxylic acids is 1. The van der Waals surface area contributed by atoms with Crippen LogP contribution in [-0.4, -0.2) is 38.5 Å². The van der Waals surface area contributed by atoms with Gasteiger partial charge in [0.1, 0.15) is 0 Å². The Morgan fingerprint density at radius 1 is 1.10 bits per heavy atom. The predicted molar refractivity (Wildman–Crippen MR) is 115 cm³/mol. The van der Waals surface area contributed by atoms with Gasteiger partial charge in [0.05, 0.1) is 11.3 Å². The van der Waals surface area contributed by atoms with Crippen molar-refractivity contribution in [2.45, 2.75) is 31.1 Å². The van der Waals surface area contributed by atoms with Crippen LogP contribution in [0.4, 0.5) is 5.69 Å². The fourth-order valence-corrected chi connectivity index (χ4v) is 3.65. The lowest BCUT2D eigenvalue weighted by atomic mass is 9.97. The highest BCUT2D eigenvalue weighted by molar-refractivity contribution is 7.89. The fourth-order valence-electron chi connectivity index (χ4n) is 3.13. The van der Waals surface area contributed by atoms with Crippen molar-refractivity contribution in [2.24, 2.45) is 11.1 Å². The Balaban J connectivity index is 0.000000735. The van der Waals surface area contributed by atoms with Gasteiger partial charge in [0.2, 0.25) is 15.9 Å². The van der Waals surface area contributed by atoms with Gasteiger partial charge in [0.15, 0.2) is 0 Å². The van der Waals surface area contributed by atoms with Crippen LogP contribution in [0.2, 0.25) is 0 Å². The molecule has 0 bridgehead atoms. The molecule has 1 fully saturated rings. The van der Waals surface area contributed by atoms with E-state index in [9.17, 15) is 13.2 Å². The summed E-state index contributed by atoms with van der Waals surface area (Å²) in [6.45, 7) is 3.26. The Morgan fingerprint density at radius 2 is 1.67 bits per heavy atom. The lowest BCUT2D eigenvalue weighted by Gasteiger charge is -2.09. The fraction of sp³-hybridized carbons (Fsp3) is 0.333. The van der Waals surface area contributed by atoms with E-state index in [-0.39, 0.29) is 17.2 Å². The highest BCUT2D eigenvalue weighted by atomic mass is 32.2. The monoisotopic (exact) mass is 433 g/mol. The number of hydrogen-bond donors (Lipinski definition) is 4.